The van der Waals surface area contributed by atoms with E-state index in [2.05, 4.69) is 5.32 Å². The van der Waals surface area contributed by atoms with Gasteiger partial charge in [0.05, 0.1) is 6.61 Å². The number of rotatable bonds is 8. The summed E-state index contributed by atoms with van der Waals surface area (Å²) in [6.45, 7) is 1.99. The van der Waals surface area contributed by atoms with Crippen molar-refractivity contribution in [1.82, 2.24) is 4.90 Å². The van der Waals surface area contributed by atoms with Crippen molar-refractivity contribution in [3.63, 3.8) is 0 Å². The third-order valence-corrected chi connectivity index (χ3v) is 2.94. The molecule has 0 radical (unpaired) electrons. The van der Waals surface area contributed by atoms with Gasteiger partial charge in [-0.1, -0.05) is 18.2 Å². The van der Waals surface area contributed by atoms with Crippen LogP contribution in [0.25, 0.3) is 0 Å². The number of carbonyl (C=O) groups excluding carboxylic acids is 1. The van der Waals surface area contributed by atoms with Crippen LogP contribution in [0.2, 0.25) is 0 Å². The Labute approximate surface area is 114 Å². The second-order valence-corrected chi connectivity index (χ2v) is 4.54. The van der Waals surface area contributed by atoms with Crippen LogP contribution in [-0.4, -0.2) is 42.7 Å². The molecule has 0 aromatic heterocycles. The third kappa shape index (κ3) is 5.83. The number of para-hydroxylation sites is 1. The van der Waals surface area contributed by atoms with Crippen LogP contribution in [0.5, 0.6) is 0 Å². The molecule has 1 rings (SSSR count). The first kappa shape index (κ1) is 15.6. The lowest BCUT2D eigenvalue weighted by atomic mass is 10.1. The lowest BCUT2D eigenvalue weighted by Gasteiger charge is -2.14. The molecule has 1 aromatic carbocycles. The fourth-order valence-electron chi connectivity index (χ4n) is 1.82. The normalized spacial score (nSPS) is 10.7. The molecule has 0 saturated heterocycles. The van der Waals surface area contributed by atoms with Gasteiger partial charge in [-0.15, -0.1) is 0 Å². The Morgan fingerprint density at radius 3 is 2.79 bits per heavy atom. The highest BCUT2D eigenvalue weighted by atomic mass is 16.3. The molecule has 0 atom stereocenters. The molecule has 0 aliphatic heterocycles. The number of aliphatic hydroxyl groups excluding tert-OH is 1. The Balaban J connectivity index is 2.35. The van der Waals surface area contributed by atoms with Crippen LogP contribution in [0.3, 0.4) is 0 Å². The number of nitrogens with two attached hydrogens (primary N) is 1. The van der Waals surface area contributed by atoms with E-state index < -0.39 is 0 Å². The Bertz CT molecular complexity index is 396. The first-order chi connectivity index (χ1) is 9.17. The number of nitrogens with zero attached hydrogens (tertiary/aromatic N) is 1. The van der Waals surface area contributed by atoms with Gasteiger partial charge in [0.1, 0.15) is 0 Å². The molecule has 0 aliphatic rings. The van der Waals surface area contributed by atoms with Crippen molar-refractivity contribution in [3.05, 3.63) is 29.8 Å². The Kier molecular flexibility index (Phi) is 7.10. The van der Waals surface area contributed by atoms with Crippen molar-refractivity contribution < 1.29 is 9.90 Å². The van der Waals surface area contributed by atoms with Gasteiger partial charge in [0.15, 0.2) is 0 Å². The average Bonchev–Trinajstić information content (AvgIpc) is 2.39. The number of carbonyl (C=O) groups is 1. The first-order valence-corrected chi connectivity index (χ1v) is 6.54. The topological polar surface area (TPSA) is 78.6 Å². The van der Waals surface area contributed by atoms with Crippen LogP contribution in [0, 0.1) is 0 Å². The Morgan fingerprint density at radius 2 is 2.11 bits per heavy atom. The van der Waals surface area contributed by atoms with Crippen LogP contribution in [0.1, 0.15) is 18.4 Å². The van der Waals surface area contributed by atoms with Gasteiger partial charge in [-0.3, -0.25) is 4.79 Å². The van der Waals surface area contributed by atoms with Gasteiger partial charge in [-0.05, 0) is 31.6 Å². The molecule has 0 bridgehead atoms. The van der Waals surface area contributed by atoms with Gasteiger partial charge in [0, 0.05) is 25.2 Å². The molecule has 0 heterocycles. The van der Waals surface area contributed by atoms with Gasteiger partial charge in [0.25, 0.3) is 0 Å². The quantitative estimate of drug-likeness (QED) is 0.649. The van der Waals surface area contributed by atoms with E-state index in [9.17, 15) is 4.79 Å². The van der Waals surface area contributed by atoms with E-state index in [1.807, 2.05) is 36.2 Å². The average molecular weight is 265 g/mol. The maximum absolute atomic E-state index is 11.8. The van der Waals surface area contributed by atoms with Crippen molar-refractivity contribution in [3.8, 4) is 0 Å². The summed E-state index contributed by atoms with van der Waals surface area (Å²) in [5.74, 6) is -0.00158. The van der Waals surface area contributed by atoms with Crippen LogP contribution in [0.4, 0.5) is 5.69 Å². The molecule has 1 aromatic rings. The number of benzene rings is 1. The minimum absolute atomic E-state index is 0.00158. The molecule has 1 amide bonds. The summed E-state index contributed by atoms with van der Waals surface area (Å²) >= 11 is 0. The number of amides is 1. The van der Waals surface area contributed by atoms with Crippen molar-refractivity contribution >= 4 is 11.6 Å². The maximum atomic E-state index is 11.8. The molecular formula is C14H23N3O2. The first-order valence-electron chi connectivity index (χ1n) is 6.54. The lowest BCUT2D eigenvalue weighted by molar-refractivity contribution is -0.116. The molecule has 19 heavy (non-hydrogen) atoms. The highest BCUT2D eigenvalue weighted by Gasteiger charge is 2.06. The third-order valence-electron chi connectivity index (χ3n) is 2.94. The van der Waals surface area contributed by atoms with Gasteiger partial charge in [-0.25, -0.2) is 0 Å². The molecule has 106 valence electrons. The largest absolute Gasteiger partial charge is 0.395 e. The maximum Gasteiger partial charge on any atom is 0.224 e. The molecule has 0 aliphatic carbocycles. The van der Waals surface area contributed by atoms with E-state index in [4.69, 9.17) is 10.8 Å². The van der Waals surface area contributed by atoms with Gasteiger partial charge in [-0.2, -0.15) is 0 Å². The monoisotopic (exact) mass is 265 g/mol. The molecule has 0 saturated carbocycles. The molecule has 5 heteroatoms. The number of hydrogen-bond acceptors (Lipinski definition) is 4. The SMILES string of the molecule is CN(CCO)CCCC(=O)Nc1ccccc1CN. The van der Waals surface area contributed by atoms with Crippen LogP contribution >= 0.6 is 0 Å². The number of nitrogens with one attached hydrogen (secondary N) is 1. The van der Waals surface area contributed by atoms with Crippen LogP contribution < -0.4 is 11.1 Å². The number of aliphatic hydroxyl groups is 1. The van der Waals surface area contributed by atoms with Gasteiger partial charge < -0.3 is 21.1 Å². The molecule has 4 N–H and O–H groups in total. The van der Waals surface area contributed by atoms with Crippen molar-refractivity contribution in [2.45, 2.75) is 19.4 Å². The summed E-state index contributed by atoms with van der Waals surface area (Å²) in [5, 5.41) is 11.6. The summed E-state index contributed by atoms with van der Waals surface area (Å²) in [5.41, 5.74) is 7.35. The van der Waals surface area contributed by atoms with Crippen molar-refractivity contribution in [1.29, 1.82) is 0 Å². The predicted octanol–water partition coefficient (Wildman–Crippen LogP) is 0.788. The zero-order valence-electron chi connectivity index (χ0n) is 11.4. The lowest BCUT2D eigenvalue weighted by Crippen LogP contribution is -2.24. The molecule has 0 fully saturated rings. The second kappa shape index (κ2) is 8.63. The minimum Gasteiger partial charge on any atom is -0.395 e. The van der Waals surface area contributed by atoms with Crippen molar-refractivity contribution in [2.75, 3.05) is 32.1 Å². The summed E-state index contributed by atoms with van der Waals surface area (Å²) < 4.78 is 0. The van der Waals surface area contributed by atoms with Crippen molar-refractivity contribution in [2.24, 2.45) is 5.73 Å². The van der Waals surface area contributed by atoms with Crippen LogP contribution in [0.15, 0.2) is 24.3 Å². The van der Waals surface area contributed by atoms with E-state index in [0.29, 0.717) is 19.5 Å². The zero-order chi connectivity index (χ0) is 14.1. The summed E-state index contributed by atoms with van der Waals surface area (Å²) in [4.78, 5) is 13.8. The highest BCUT2D eigenvalue weighted by Crippen LogP contribution is 2.14. The number of likely N-dealkylation sites (N-methyl/N-ethyl adjacent to an activating group) is 1. The standard InChI is InChI=1S/C14H23N3O2/c1-17(9-10-18)8-4-7-14(19)16-13-6-3-2-5-12(13)11-15/h2-3,5-6,18H,4,7-11,15H2,1H3,(H,16,19). The molecular weight excluding hydrogens is 242 g/mol. The fourth-order valence-corrected chi connectivity index (χ4v) is 1.82. The minimum atomic E-state index is -0.00158. The summed E-state index contributed by atoms with van der Waals surface area (Å²) in [6, 6.07) is 7.55. The van der Waals surface area contributed by atoms with Gasteiger partial charge in [0.2, 0.25) is 5.91 Å². The second-order valence-electron chi connectivity index (χ2n) is 4.54. The molecule has 0 unspecified atom stereocenters. The summed E-state index contributed by atoms with van der Waals surface area (Å²) in [7, 11) is 1.93. The van der Waals surface area contributed by atoms with E-state index in [-0.39, 0.29) is 12.5 Å². The molecule has 0 spiro atoms. The van der Waals surface area contributed by atoms with Gasteiger partial charge >= 0.3 is 0 Å². The van der Waals surface area contributed by atoms with E-state index in [0.717, 1.165) is 24.2 Å². The Hall–Kier alpha value is -1.43. The number of anilines is 1. The molecule has 5 nitrogen and oxygen atoms in total. The number of hydrogen-bond donors (Lipinski definition) is 3. The smallest absolute Gasteiger partial charge is 0.224 e. The van der Waals surface area contributed by atoms with Crippen LogP contribution in [-0.2, 0) is 11.3 Å². The Morgan fingerprint density at radius 1 is 1.37 bits per heavy atom. The van der Waals surface area contributed by atoms with E-state index >= 15 is 0 Å². The highest BCUT2D eigenvalue weighted by molar-refractivity contribution is 5.91. The van der Waals surface area contributed by atoms with E-state index in [1.165, 1.54) is 0 Å². The van der Waals surface area contributed by atoms with E-state index in [1.54, 1.807) is 0 Å². The predicted molar refractivity (Wildman–Crippen MR) is 76.8 cm³/mol. The zero-order valence-corrected chi connectivity index (χ0v) is 11.4. The summed E-state index contributed by atoms with van der Waals surface area (Å²) in [6.07, 6.45) is 1.24. The fraction of sp³-hybridized carbons (Fsp3) is 0.500.